The Kier molecular flexibility index (Phi) is 2.63. The molecule has 0 spiro atoms. The third-order valence-electron chi connectivity index (χ3n) is 3.46. The Bertz CT molecular complexity index is 639. The molecule has 1 atom stereocenters. The first kappa shape index (κ1) is 11.4. The number of hydrogen-bond donors (Lipinski definition) is 1. The van der Waals surface area contributed by atoms with E-state index in [-0.39, 0.29) is 11.7 Å². The number of halogens is 1. The second kappa shape index (κ2) is 4.18. The molecule has 0 saturated heterocycles. The second-order valence-corrected chi connectivity index (χ2v) is 4.76. The Morgan fingerprint density at radius 2 is 2.33 bits per heavy atom. The minimum absolute atomic E-state index is 0.0600. The van der Waals surface area contributed by atoms with Crippen molar-refractivity contribution in [3.63, 3.8) is 0 Å². The summed E-state index contributed by atoms with van der Waals surface area (Å²) in [5.74, 6) is 0.557. The highest BCUT2D eigenvalue weighted by Gasteiger charge is 2.25. The van der Waals surface area contributed by atoms with Crippen LogP contribution >= 0.6 is 11.6 Å². The van der Waals surface area contributed by atoms with Gasteiger partial charge in [0, 0.05) is 29.6 Å². The predicted octanol–water partition coefficient (Wildman–Crippen LogP) is 2.47. The van der Waals surface area contributed by atoms with Crippen molar-refractivity contribution in [2.75, 3.05) is 17.7 Å². The van der Waals surface area contributed by atoms with Crippen molar-refractivity contribution in [2.45, 2.75) is 5.92 Å². The molecule has 2 aromatic carbocycles. The lowest BCUT2D eigenvalue weighted by molar-refractivity contribution is -0.265. The van der Waals surface area contributed by atoms with Gasteiger partial charge in [-0.15, -0.1) is 11.6 Å². The average molecular weight is 261 g/mol. The number of aldehydes is 1. The van der Waals surface area contributed by atoms with Gasteiger partial charge in [-0.25, -0.2) is 0 Å². The zero-order chi connectivity index (χ0) is 12.7. The number of hydrogen-bond acceptors (Lipinski definition) is 3. The minimum atomic E-state index is -0.0600. The van der Waals surface area contributed by atoms with Gasteiger partial charge in [-0.05, 0) is 22.4 Å². The highest BCUT2D eigenvalue weighted by atomic mass is 35.5. The van der Waals surface area contributed by atoms with E-state index in [2.05, 4.69) is 5.32 Å². The topological polar surface area (TPSA) is 52.2 Å². The van der Waals surface area contributed by atoms with Crippen molar-refractivity contribution < 1.29 is 9.90 Å². The van der Waals surface area contributed by atoms with Crippen LogP contribution in [0, 0.1) is 0 Å². The van der Waals surface area contributed by atoms with Crippen LogP contribution in [0.1, 0.15) is 21.8 Å². The van der Waals surface area contributed by atoms with Crippen LogP contribution in [-0.2, 0) is 0 Å². The van der Waals surface area contributed by atoms with Gasteiger partial charge in [0.15, 0.2) is 6.29 Å². The van der Waals surface area contributed by atoms with Crippen LogP contribution in [0.2, 0.25) is 0 Å². The molecule has 1 heterocycles. The van der Waals surface area contributed by atoms with E-state index >= 15 is 0 Å². The number of benzene rings is 2. The van der Waals surface area contributed by atoms with Gasteiger partial charge in [0.2, 0.25) is 0 Å². The molecule has 18 heavy (non-hydrogen) atoms. The lowest BCUT2D eigenvalue weighted by Gasteiger charge is -2.17. The first-order valence-electron chi connectivity index (χ1n) is 5.78. The molecule has 1 N–H and O–H groups in total. The normalized spacial score (nSPS) is 17.5. The maximum absolute atomic E-state index is 12.0. The summed E-state index contributed by atoms with van der Waals surface area (Å²) >= 11 is 5.96. The molecule has 1 aliphatic rings. The van der Waals surface area contributed by atoms with E-state index < -0.39 is 0 Å². The van der Waals surface area contributed by atoms with Crippen molar-refractivity contribution >= 4 is 34.3 Å². The summed E-state index contributed by atoms with van der Waals surface area (Å²) in [5, 5.41) is 16.5. The molecule has 1 unspecified atom stereocenters. The number of nitrogens with one attached hydrogen (secondary N) is 1. The van der Waals surface area contributed by atoms with Gasteiger partial charge in [0.05, 0.1) is 0 Å². The summed E-state index contributed by atoms with van der Waals surface area (Å²) in [5.41, 5.74) is 2.37. The molecule has 3 rings (SSSR count). The van der Waals surface area contributed by atoms with Crippen LogP contribution in [0.5, 0.6) is 5.75 Å². The zero-order valence-corrected chi connectivity index (χ0v) is 10.3. The van der Waals surface area contributed by atoms with Crippen LogP contribution in [-0.4, -0.2) is 18.7 Å². The van der Waals surface area contributed by atoms with E-state index in [4.69, 9.17) is 11.6 Å². The van der Waals surface area contributed by atoms with Gasteiger partial charge in [0.1, 0.15) is 0 Å². The number of alkyl halides is 1. The van der Waals surface area contributed by atoms with Crippen molar-refractivity contribution in [1.82, 2.24) is 0 Å². The lowest BCUT2D eigenvalue weighted by atomic mass is 9.92. The molecule has 92 valence electrons. The van der Waals surface area contributed by atoms with Crippen LogP contribution in [0.4, 0.5) is 5.69 Å². The summed E-state index contributed by atoms with van der Waals surface area (Å²) in [7, 11) is 0. The number of carbonyl (C=O) groups is 1. The van der Waals surface area contributed by atoms with E-state index in [1.54, 1.807) is 24.3 Å². The molecule has 3 nitrogen and oxygen atoms in total. The molecular weight excluding hydrogens is 250 g/mol. The molecule has 0 saturated carbocycles. The minimum Gasteiger partial charge on any atom is -0.872 e. The number of carbonyl (C=O) groups excluding carboxylic acids is 1. The van der Waals surface area contributed by atoms with Gasteiger partial charge in [-0.1, -0.05) is 23.9 Å². The Balaban J connectivity index is 2.45. The fourth-order valence-corrected chi connectivity index (χ4v) is 2.90. The molecule has 0 aromatic heterocycles. The number of anilines is 1. The van der Waals surface area contributed by atoms with Crippen LogP contribution in [0.3, 0.4) is 0 Å². The van der Waals surface area contributed by atoms with Crippen molar-refractivity contribution in [3.8, 4) is 5.75 Å². The molecule has 2 aromatic rings. The monoisotopic (exact) mass is 260 g/mol. The Hall–Kier alpha value is -1.74. The van der Waals surface area contributed by atoms with Crippen molar-refractivity contribution in [3.05, 3.63) is 35.4 Å². The molecule has 0 fully saturated rings. The average Bonchev–Trinajstić information content (AvgIpc) is 2.81. The highest BCUT2D eigenvalue weighted by molar-refractivity contribution is 6.19. The third-order valence-corrected chi connectivity index (χ3v) is 3.83. The molecular formula is C14H11ClNO2-. The van der Waals surface area contributed by atoms with Crippen LogP contribution in [0.25, 0.3) is 10.8 Å². The summed E-state index contributed by atoms with van der Waals surface area (Å²) in [6.07, 6.45) is 0.797. The summed E-state index contributed by atoms with van der Waals surface area (Å²) < 4.78 is 0. The summed E-state index contributed by atoms with van der Waals surface area (Å²) in [6, 6.07) is 6.82. The molecule has 1 aliphatic heterocycles. The zero-order valence-electron chi connectivity index (χ0n) is 9.57. The lowest BCUT2D eigenvalue weighted by Crippen LogP contribution is -2.03. The van der Waals surface area contributed by atoms with Crippen molar-refractivity contribution in [1.29, 1.82) is 0 Å². The van der Waals surface area contributed by atoms with Gasteiger partial charge in [-0.2, -0.15) is 0 Å². The maximum Gasteiger partial charge on any atom is 0.150 e. The first-order chi connectivity index (χ1) is 8.76. The highest BCUT2D eigenvalue weighted by Crippen LogP contribution is 2.42. The van der Waals surface area contributed by atoms with E-state index in [1.165, 1.54) is 0 Å². The van der Waals surface area contributed by atoms with E-state index in [1.807, 2.05) is 0 Å². The molecule has 0 bridgehead atoms. The largest absolute Gasteiger partial charge is 0.872 e. The molecule has 0 aliphatic carbocycles. The Labute approximate surface area is 109 Å². The number of fused-ring (bicyclic) bond motifs is 3. The molecule has 0 radical (unpaired) electrons. The summed E-state index contributed by atoms with van der Waals surface area (Å²) in [4.78, 5) is 11.2. The predicted molar refractivity (Wildman–Crippen MR) is 70.7 cm³/mol. The first-order valence-corrected chi connectivity index (χ1v) is 6.31. The fraction of sp³-hybridized carbons (Fsp3) is 0.214. The Morgan fingerprint density at radius 3 is 3.06 bits per heavy atom. The van der Waals surface area contributed by atoms with E-state index in [9.17, 15) is 9.90 Å². The fourth-order valence-electron chi connectivity index (χ4n) is 2.63. The molecule has 0 amide bonds. The van der Waals surface area contributed by atoms with E-state index in [0.29, 0.717) is 23.4 Å². The SMILES string of the molecule is O=Cc1cccc2c([O-])cc3c(c12)C(CCl)CN3. The van der Waals surface area contributed by atoms with Gasteiger partial charge >= 0.3 is 0 Å². The summed E-state index contributed by atoms with van der Waals surface area (Å²) in [6.45, 7) is 0.713. The quantitative estimate of drug-likeness (QED) is 0.667. The van der Waals surface area contributed by atoms with E-state index in [0.717, 1.165) is 22.9 Å². The maximum atomic E-state index is 12.0. The van der Waals surface area contributed by atoms with Crippen molar-refractivity contribution in [2.24, 2.45) is 0 Å². The van der Waals surface area contributed by atoms with Gasteiger partial charge in [0.25, 0.3) is 0 Å². The van der Waals surface area contributed by atoms with Crippen LogP contribution in [0.15, 0.2) is 24.3 Å². The van der Waals surface area contributed by atoms with Gasteiger partial charge < -0.3 is 10.4 Å². The smallest absolute Gasteiger partial charge is 0.150 e. The standard InChI is InChI=1S/C14H12ClNO2/c15-5-9-6-16-11-4-12(18)10-3-1-2-8(7-17)13(10)14(9)11/h1-4,7,9,16,18H,5-6H2/p-1. The van der Waals surface area contributed by atoms with Crippen LogP contribution < -0.4 is 10.4 Å². The van der Waals surface area contributed by atoms with Gasteiger partial charge in [-0.3, -0.25) is 4.79 Å². The second-order valence-electron chi connectivity index (χ2n) is 4.46. The molecule has 4 heteroatoms. The number of rotatable bonds is 2. The Morgan fingerprint density at radius 1 is 1.50 bits per heavy atom. The third kappa shape index (κ3) is 1.47.